The molecule has 0 radical (unpaired) electrons. The quantitative estimate of drug-likeness (QED) is 0.871. The number of aliphatic carboxylic acids is 1. The van der Waals surface area contributed by atoms with Gasteiger partial charge in [-0.15, -0.1) is 0 Å². The third kappa shape index (κ3) is 1.57. The van der Waals surface area contributed by atoms with E-state index >= 15 is 0 Å². The van der Waals surface area contributed by atoms with Crippen molar-refractivity contribution in [3.63, 3.8) is 0 Å². The molecule has 2 heterocycles. The smallest absolute Gasteiger partial charge is 0.336 e. The van der Waals surface area contributed by atoms with Crippen molar-refractivity contribution in [1.82, 2.24) is 9.78 Å². The van der Waals surface area contributed by atoms with Crippen molar-refractivity contribution in [2.24, 2.45) is 0 Å². The van der Waals surface area contributed by atoms with Gasteiger partial charge in [0.2, 0.25) is 5.88 Å². The molecule has 2 aromatic rings. The van der Waals surface area contributed by atoms with Gasteiger partial charge in [0.15, 0.2) is 0 Å². The first-order chi connectivity index (χ1) is 8.77. The van der Waals surface area contributed by atoms with E-state index in [2.05, 4.69) is 5.10 Å². The Labute approximate surface area is 103 Å². The minimum Gasteiger partial charge on any atom is -0.478 e. The zero-order valence-corrected chi connectivity index (χ0v) is 9.41. The molecule has 3 rings (SSSR count). The summed E-state index contributed by atoms with van der Waals surface area (Å²) >= 11 is 0. The highest BCUT2D eigenvalue weighted by atomic mass is 16.5. The second kappa shape index (κ2) is 4.03. The maximum Gasteiger partial charge on any atom is 0.336 e. The SMILES string of the molecule is O=C(O)C1=CCOc2c1cnn2-c1ccccc1. The van der Waals surface area contributed by atoms with E-state index in [1.54, 1.807) is 10.8 Å². The van der Waals surface area contributed by atoms with E-state index in [0.717, 1.165) is 5.69 Å². The lowest BCUT2D eigenvalue weighted by Crippen LogP contribution is -2.11. The Morgan fingerprint density at radius 2 is 2.11 bits per heavy atom. The summed E-state index contributed by atoms with van der Waals surface area (Å²) in [6, 6.07) is 9.45. The number of carboxylic acids is 1. The van der Waals surface area contributed by atoms with E-state index < -0.39 is 5.97 Å². The van der Waals surface area contributed by atoms with Gasteiger partial charge in [-0.25, -0.2) is 9.48 Å². The molecule has 0 saturated heterocycles. The molecule has 0 aliphatic carbocycles. The van der Waals surface area contributed by atoms with E-state index in [1.165, 1.54) is 6.20 Å². The number of nitrogens with zero attached hydrogens (tertiary/aromatic N) is 2. The van der Waals surface area contributed by atoms with Gasteiger partial charge in [0.05, 0.1) is 23.0 Å². The molecule has 1 N–H and O–H groups in total. The Kier molecular flexibility index (Phi) is 2.37. The van der Waals surface area contributed by atoms with Crippen molar-refractivity contribution in [2.45, 2.75) is 0 Å². The van der Waals surface area contributed by atoms with Crippen LogP contribution in [-0.2, 0) is 4.79 Å². The summed E-state index contributed by atoms with van der Waals surface area (Å²) < 4.78 is 7.09. The third-order valence-corrected chi connectivity index (χ3v) is 2.75. The summed E-state index contributed by atoms with van der Waals surface area (Å²) in [5.74, 6) is -0.492. The number of fused-ring (bicyclic) bond motifs is 1. The van der Waals surface area contributed by atoms with Crippen LogP contribution in [0.5, 0.6) is 5.88 Å². The number of para-hydroxylation sites is 1. The molecule has 0 fully saturated rings. The fourth-order valence-corrected chi connectivity index (χ4v) is 1.93. The number of benzene rings is 1. The Balaban J connectivity index is 2.12. The summed E-state index contributed by atoms with van der Waals surface area (Å²) in [5.41, 5.74) is 1.58. The van der Waals surface area contributed by atoms with Gasteiger partial charge in [0.1, 0.15) is 6.61 Å². The number of carboxylic acid groups (broad SMARTS) is 1. The molecule has 0 atom stereocenters. The van der Waals surface area contributed by atoms with Gasteiger partial charge in [0, 0.05) is 0 Å². The Morgan fingerprint density at radius 1 is 1.33 bits per heavy atom. The summed E-state index contributed by atoms with van der Waals surface area (Å²) in [7, 11) is 0. The largest absolute Gasteiger partial charge is 0.478 e. The maximum absolute atomic E-state index is 11.1. The van der Waals surface area contributed by atoms with E-state index in [-0.39, 0.29) is 12.2 Å². The van der Waals surface area contributed by atoms with Crippen LogP contribution in [0.25, 0.3) is 11.3 Å². The lowest BCUT2D eigenvalue weighted by molar-refractivity contribution is -0.130. The van der Waals surface area contributed by atoms with Crippen LogP contribution in [0.1, 0.15) is 5.56 Å². The van der Waals surface area contributed by atoms with Crippen LogP contribution < -0.4 is 4.74 Å². The van der Waals surface area contributed by atoms with Crippen LogP contribution in [0.4, 0.5) is 0 Å². The van der Waals surface area contributed by atoms with Gasteiger partial charge in [-0.05, 0) is 18.2 Å². The molecule has 5 heteroatoms. The highest BCUT2D eigenvalue weighted by Crippen LogP contribution is 2.31. The van der Waals surface area contributed by atoms with E-state index in [4.69, 9.17) is 9.84 Å². The lowest BCUT2D eigenvalue weighted by Gasteiger charge is -2.14. The second-order valence-corrected chi connectivity index (χ2v) is 3.84. The monoisotopic (exact) mass is 242 g/mol. The summed E-state index contributed by atoms with van der Waals surface area (Å²) in [6.45, 7) is 0.243. The fourth-order valence-electron chi connectivity index (χ4n) is 1.93. The average molecular weight is 242 g/mol. The van der Waals surface area contributed by atoms with Crippen LogP contribution in [0.2, 0.25) is 0 Å². The normalized spacial score (nSPS) is 13.4. The van der Waals surface area contributed by atoms with Crippen LogP contribution >= 0.6 is 0 Å². The third-order valence-electron chi connectivity index (χ3n) is 2.75. The van der Waals surface area contributed by atoms with Gasteiger partial charge in [-0.1, -0.05) is 18.2 Å². The van der Waals surface area contributed by atoms with Crippen LogP contribution in [0, 0.1) is 0 Å². The van der Waals surface area contributed by atoms with Gasteiger partial charge in [0.25, 0.3) is 0 Å². The van der Waals surface area contributed by atoms with Crippen molar-refractivity contribution in [3.05, 3.63) is 48.2 Å². The molecule has 90 valence electrons. The minimum atomic E-state index is -0.966. The molecule has 1 aromatic carbocycles. The molecule has 0 unspecified atom stereocenters. The predicted molar refractivity (Wildman–Crippen MR) is 64.7 cm³/mol. The molecule has 0 spiro atoms. The molecule has 1 aromatic heterocycles. The van der Waals surface area contributed by atoms with Gasteiger partial charge in [-0.3, -0.25) is 0 Å². The summed E-state index contributed by atoms with van der Waals surface area (Å²) in [6.07, 6.45) is 3.06. The highest BCUT2D eigenvalue weighted by molar-refractivity contribution is 6.16. The maximum atomic E-state index is 11.1. The van der Waals surface area contributed by atoms with Crippen molar-refractivity contribution in [2.75, 3.05) is 6.61 Å². The predicted octanol–water partition coefficient (Wildman–Crippen LogP) is 1.73. The molecule has 0 saturated carbocycles. The van der Waals surface area contributed by atoms with Crippen LogP contribution in [-0.4, -0.2) is 27.5 Å². The van der Waals surface area contributed by atoms with Crippen molar-refractivity contribution in [3.8, 4) is 11.6 Å². The fraction of sp³-hybridized carbons (Fsp3) is 0.0769. The Bertz CT molecular complexity index is 629. The summed E-state index contributed by atoms with van der Waals surface area (Å²) in [4.78, 5) is 11.1. The van der Waals surface area contributed by atoms with E-state index in [0.29, 0.717) is 11.4 Å². The zero-order valence-electron chi connectivity index (χ0n) is 9.41. The van der Waals surface area contributed by atoms with E-state index in [9.17, 15) is 4.79 Å². The van der Waals surface area contributed by atoms with Crippen molar-refractivity contribution in [1.29, 1.82) is 0 Å². The Hall–Kier alpha value is -2.56. The van der Waals surface area contributed by atoms with Crippen molar-refractivity contribution >= 4 is 11.5 Å². The molecular weight excluding hydrogens is 232 g/mol. The molecule has 1 aliphatic rings. The van der Waals surface area contributed by atoms with Gasteiger partial charge >= 0.3 is 5.97 Å². The first-order valence-corrected chi connectivity index (χ1v) is 5.47. The van der Waals surface area contributed by atoms with Gasteiger partial charge < -0.3 is 9.84 Å². The number of ether oxygens (including phenoxy) is 1. The second-order valence-electron chi connectivity index (χ2n) is 3.84. The number of carbonyl (C=O) groups is 1. The van der Waals surface area contributed by atoms with Gasteiger partial charge in [-0.2, -0.15) is 5.10 Å². The average Bonchev–Trinajstić information content (AvgIpc) is 2.83. The molecule has 1 aliphatic heterocycles. The summed E-state index contributed by atoms with van der Waals surface area (Å²) in [5, 5.41) is 13.3. The van der Waals surface area contributed by atoms with Crippen LogP contribution in [0.3, 0.4) is 0 Å². The molecule has 0 amide bonds. The van der Waals surface area contributed by atoms with E-state index in [1.807, 2.05) is 30.3 Å². The number of hydrogen-bond donors (Lipinski definition) is 1. The highest BCUT2D eigenvalue weighted by Gasteiger charge is 2.24. The number of aromatic nitrogens is 2. The lowest BCUT2D eigenvalue weighted by atomic mass is 10.1. The first-order valence-electron chi connectivity index (χ1n) is 5.47. The number of rotatable bonds is 2. The molecule has 0 bridgehead atoms. The molecule has 5 nitrogen and oxygen atoms in total. The zero-order chi connectivity index (χ0) is 12.5. The first kappa shape index (κ1) is 10.6. The molecular formula is C13H10N2O3. The number of hydrogen-bond acceptors (Lipinski definition) is 3. The van der Waals surface area contributed by atoms with Crippen LogP contribution in [0.15, 0.2) is 42.6 Å². The standard InChI is InChI=1S/C13H10N2O3/c16-13(17)10-6-7-18-12-11(10)8-14-15(12)9-4-2-1-3-5-9/h1-6,8H,7H2,(H,16,17). The minimum absolute atomic E-state index is 0.235. The topological polar surface area (TPSA) is 64.3 Å². The Morgan fingerprint density at radius 3 is 2.83 bits per heavy atom. The molecule has 18 heavy (non-hydrogen) atoms. The van der Waals surface area contributed by atoms with Crippen molar-refractivity contribution < 1.29 is 14.6 Å².